The minimum absolute atomic E-state index is 0.242. The first-order chi connectivity index (χ1) is 8.72. The van der Waals surface area contributed by atoms with Crippen LogP contribution in [0, 0.1) is 0 Å². The van der Waals surface area contributed by atoms with Gasteiger partial charge in [-0.25, -0.2) is 0 Å². The fraction of sp³-hybridized carbons (Fsp3) is 0.167. The summed E-state index contributed by atoms with van der Waals surface area (Å²) in [6, 6.07) is 9.85. The third kappa shape index (κ3) is 2.84. The van der Waals surface area contributed by atoms with Crippen LogP contribution in [0.3, 0.4) is 0 Å². The van der Waals surface area contributed by atoms with Crippen molar-refractivity contribution in [2.24, 2.45) is 0 Å². The number of anilines is 4. The number of hydrogen-bond acceptors (Lipinski definition) is 6. The second-order valence-corrected chi connectivity index (χ2v) is 4.42. The lowest BCUT2D eigenvalue weighted by Gasteiger charge is -2.10. The van der Waals surface area contributed by atoms with E-state index in [1.807, 2.05) is 30.5 Å². The Bertz CT molecular complexity index is 544. The third-order valence-corrected chi connectivity index (χ3v) is 3.17. The molecule has 0 aliphatic heterocycles. The first-order valence-electron chi connectivity index (χ1n) is 5.45. The summed E-state index contributed by atoms with van der Waals surface area (Å²) in [5, 5.41) is 6.19. The summed E-state index contributed by atoms with van der Waals surface area (Å²) in [6.45, 7) is 0. The van der Waals surface area contributed by atoms with Crippen LogP contribution in [0.25, 0.3) is 0 Å². The highest BCUT2D eigenvalue weighted by Gasteiger charge is 2.04. The van der Waals surface area contributed by atoms with Gasteiger partial charge in [0.1, 0.15) is 11.6 Å². The van der Waals surface area contributed by atoms with Crippen molar-refractivity contribution in [3.63, 3.8) is 0 Å². The number of hydrogen-bond donors (Lipinski definition) is 3. The number of aromatic nitrogens is 2. The van der Waals surface area contributed by atoms with Gasteiger partial charge in [0.25, 0.3) is 0 Å². The lowest BCUT2D eigenvalue weighted by atomic mass is 10.3. The minimum atomic E-state index is 0.242. The maximum atomic E-state index is 5.65. The Morgan fingerprint density at radius 2 is 1.89 bits per heavy atom. The first kappa shape index (κ1) is 12.5. The number of thioether (sulfide) groups is 1. The van der Waals surface area contributed by atoms with Crippen LogP contribution in [0.4, 0.5) is 23.3 Å². The van der Waals surface area contributed by atoms with Crippen molar-refractivity contribution in [2.45, 2.75) is 4.90 Å². The Labute approximate surface area is 110 Å². The molecule has 0 aliphatic rings. The van der Waals surface area contributed by atoms with Crippen LogP contribution in [0.1, 0.15) is 0 Å². The van der Waals surface area contributed by atoms with Crippen LogP contribution in [0.15, 0.2) is 35.2 Å². The lowest BCUT2D eigenvalue weighted by molar-refractivity contribution is 1.17. The summed E-state index contributed by atoms with van der Waals surface area (Å²) >= 11 is 1.68. The highest BCUT2D eigenvalue weighted by atomic mass is 32.2. The van der Waals surface area contributed by atoms with Crippen LogP contribution >= 0.6 is 11.8 Å². The molecular formula is C12H15N5S. The van der Waals surface area contributed by atoms with Crippen molar-refractivity contribution in [3.05, 3.63) is 30.3 Å². The van der Waals surface area contributed by atoms with E-state index < -0.39 is 0 Å². The van der Waals surface area contributed by atoms with Crippen molar-refractivity contribution in [1.82, 2.24) is 9.97 Å². The molecule has 18 heavy (non-hydrogen) atoms. The molecule has 2 aromatic rings. The predicted molar refractivity (Wildman–Crippen MR) is 77.5 cm³/mol. The summed E-state index contributed by atoms with van der Waals surface area (Å²) < 4.78 is 0. The van der Waals surface area contributed by atoms with E-state index in [1.54, 1.807) is 18.8 Å². The van der Waals surface area contributed by atoms with Gasteiger partial charge in [-0.1, -0.05) is 12.1 Å². The van der Waals surface area contributed by atoms with Crippen LogP contribution < -0.4 is 16.4 Å². The number of nitrogen functional groups attached to an aromatic ring is 1. The molecule has 0 amide bonds. The van der Waals surface area contributed by atoms with Crippen molar-refractivity contribution < 1.29 is 0 Å². The molecule has 6 heteroatoms. The quantitative estimate of drug-likeness (QED) is 0.734. The number of benzene rings is 1. The zero-order valence-electron chi connectivity index (χ0n) is 10.3. The smallest absolute Gasteiger partial charge is 0.223 e. The van der Waals surface area contributed by atoms with Crippen molar-refractivity contribution in [1.29, 1.82) is 0 Å². The normalized spacial score (nSPS) is 10.1. The summed E-state index contributed by atoms with van der Waals surface area (Å²) in [7, 11) is 1.79. The number of para-hydroxylation sites is 1. The van der Waals surface area contributed by atoms with E-state index in [-0.39, 0.29) is 5.95 Å². The van der Waals surface area contributed by atoms with E-state index in [1.165, 1.54) is 0 Å². The fourth-order valence-corrected chi connectivity index (χ4v) is 2.10. The number of nitrogens with zero attached hydrogens (tertiary/aromatic N) is 2. The van der Waals surface area contributed by atoms with Crippen molar-refractivity contribution >= 4 is 35.0 Å². The van der Waals surface area contributed by atoms with Gasteiger partial charge in [0.05, 0.1) is 5.69 Å². The van der Waals surface area contributed by atoms with E-state index in [0.29, 0.717) is 11.6 Å². The Hall–Kier alpha value is -1.95. The van der Waals surface area contributed by atoms with Crippen LogP contribution in [-0.2, 0) is 0 Å². The summed E-state index contributed by atoms with van der Waals surface area (Å²) in [5.74, 6) is 1.60. The Balaban J connectivity index is 2.30. The van der Waals surface area contributed by atoms with Crippen molar-refractivity contribution in [3.8, 4) is 0 Å². The number of rotatable bonds is 4. The highest BCUT2D eigenvalue weighted by molar-refractivity contribution is 7.98. The Morgan fingerprint density at radius 3 is 2.61 bits per heavy atom. The predicted octanol–water partition coefficient (Wildman–Crippen LogP) is 2.57. The molecule has 2 rings (SSSR count). The fourth-order valence-electron chi connectivity index (χ4n) is 1.54. The van der Waals surface area contributed by atoms with Crippen molar-refractivity contribution in [2.75, 3.05) is 29.7 Å². The zero-order chi connectivity index (χ0) is 13.0. The van der Waals surface area contributed by atoms with Gasteiger partial charge < -0.3 is 16.4 Å². The summed E-state index contributed by atoms with van der Waals surface area (Å²) in [6.07, 6.45) is 2.04. The number of nitrogens with two attached hydrogens (primary N) is 1. The molecule has 0 unspecified atom stereocenters. The molecule has 5 nitrogen and oxygen atoms in total. The van der Waals surface area contributed by atoms with Crippen LogP contribution in [-0.4, -0.2) is 23.3 Å². The first-order valence-corrected chi connectivity index (χ1v) is 6.67. The van der Waals surface area contributed by atoms with Gasteiger partial charge in [0.2, 0.25) is 5.95 Å². The second kappa shape index (κ2) is 5.59. The molecule has 0 bridgehead atoms. The zero-order valence-corrected chi connectivity index (χ0v) is 11.1. The van der Waals surface area contributed by atoms with Gasteiger partial charge in [-0.05, 0) is 18.4 Å². The van der Waals surface area contributed by atoms with E-state index >= 15 is 0 Å². The highest BCUT2D eigenvalue weighted by Crippen LogP contribution is 2.27. The Kier molecular flexibility index (Phi) is 3.88. The minimum Gasteiger partial charge on any atom is -0.373 e. The van der Waals surface area contributed by atoms with Gasteiger partial charge >= 0.3 is 0 Å². The molecule has 94 valence electrons. The molecule has 1 heterocycles. The molecule has 0 saturated carbocycles. The van der Waals surface area contributed by atoms with Gasteiger partial charge in [0, 0.05) is 18.0 Å². The molecular weight excluding hydrogens is 246 g/mol. The van der Waals surface area contributed by atoms with Gasteiger partial charge in [-0.15, -0.1) is 11.8 Å². The molecule has 0 spiro atoms. The largest absolute Gasteiger partial charge is 0.373 e. The molecule has 0 radical (unpaired) electrons. The second-order valence-electron chi connectivity index (χ2n) is 3.57. The van der Waals surface area contributed by atoms with E-state index in [0.717, 1.165) is 10.6 Å². The molecule has 0 aliphatic carbocycles. The van der Waals surface area contributed by atoms with E-state index in [4.69, 9.17) is 5.73 Å². The summed E-state index contributed by atoms with van der Waals surface area (Å²) in [4.78, 5) is 9.36. The molecule has 1 aromatic carbocycles. The van der Waals surface area contributed by atoms with Crippen LogP contribution in [0.2, 0.25) is 0 Å². The molecule has 0 atom stereocenters. The third-order valence-electron chi connectivity index (χ3n) is 2.37. The molecule has 0 saturated heterocycles. The topological polar surface area (TPSA) is 75.9 Å². The monoisotopic (exact) mass is 261 g/mol. The van der Waals surface area contributed by atoms with Crippen LogP contribution in [0.5, 0.6) is 0 Å². The molecule has 0 fully saturated rings. The summed E-state index contributed by atoms with van der Waals surface area (Å²) in [5.41, 5.74) is 6.66. The maximum absolute atomic E-state index is 5.65. The number of nitrogens with one attached hydrogen (secondary N) is 2. The Morgan fingerprint density at radius 1 is 1.17 bits per heavy atom. The average molecular weight is 261 g/mol. The standard InChI is InChI=1S/C12H15N5S/c1-14-10-7-11(17-12(13)16-10)15-8-5-3-4-6-9(8)18-2/h3-7H,1-2H3,(H4,13,14,15,16,17). The maximum Gasteiger partial charge on any atom is 0.223 e. The van der Waals surface area contributed by atoms with E-state index in [9.17, 15) is 0 Å². The average Bonchev–Trinajstić information content (AvgIpc) is 2.38. The molecule has 4 N–H and O–H groups in total. The molecule has 1 aromatic heterocycles. The lowest BCUT2D eigenvalue weighted by Crippen LogP contribution is -2.03. The van der Waals surface area contributed by atoms with E-state index in [2.05, 4.69) is 26.7 Å². The van der Waals surface area contributed by atoms with Gasteiger partial charge in [-0.3, -0.25) is 0 Å². The van der Waals surface area contributed by atoms with Gasteiger partial charge in [0.15, 0.2) is 0 Å². The SMILES string of the molecule is CNc1cc(Nc2ccccc2SC)nc(N)n1. The van der Waals surface area contributed by atoms with Gasteiger partial charge in [-0.2, -0.15) is 9.97 Å².